The molecule has 1 fully saturated rings. The summed E-state index contributed by atoms with van der Waals surface area (Å²) in [6.45, 7) is 2.54. The fourth-order valence-corrected chi connectivity index (χ4v) is 3.78. The summed E-state index contributed by atoms with van der Waals surface area (Å²) in [7, 11) is 5.06. The van der Waals surface area contributed by atoms with Crippen LogP contribution in [-0.4, -0.2) is 59.3 Å². The molecule has 30 heavy (non-hydrogen) atoms. The molecule has 1 aromatic heterocycles. The van der Waals surface area contributed by atoms with Crippen LogP contribution in [0.3, 0.4) is 0 Å². The number of methoxy groups -OCH3 is 1. The Morgan fingerprint density at radius 2 is 1.93 bits per heavy atom. The summed E-state index contributed by atoms with van der Waals surface area (Å²) in [5.74, 6) is 1.44. The SMILES string of the molecule is COc1ccc(CCC(=O)N2CCCCC2c2ncc(C(=O)N(C)C)c(C)n2)cc1. The van der Waals surface area contributed by atoms with Crippen LogP contribution >= 0.6 is 0 Å². The number of rotatable bonds is 6. The van der Waals surface area contributed by atoms with Gasteiger partial charge in [-0.15, -0.1) is 0 Å². The van der Waals surface area contributed by atoms with Crippen LogP contribution in [0.25, 0.3) is 0 Å². The lowest BCUT2D eigenvalue weighted by Gasteiger charge is -2.35. The minimum atomic E-state index is -0.135. The largest absolute Gasteiger partial charge is 0.497 e. The molecule has 160 valence electrons. The highest BCUT2D eigenvalue weighted by Crippen LogP contribution is 2.30. The third-order valence-electron chi connectivity index (χ3n) is 5.54. The van der Waals surface area contributed by atoms with E-state index in [-0.39, 0.29) is 17.9 Å². The summed E-state index contributed by atoms with van der Waals surface area (Å²) in [5.41, 5.74) is 2.25. The second kappa shape index (κ2) is 9.69. The maximum absolute atomic E-state index is 13.0. The summed E-state index contributed by atoms with van der Waals surface area (Å²) in [5, 5.41) is 0. The van der Waals surface area contributed by atoms with Gasteiger partial charge in [-0.25, -0.2) is 9.97 Å². The van der Waals surface area contributed by atoms with Gasteiger partial charge in [-0.2, -0.15) is 0 Å². The maximum Gasteiger partial charge on any atom is 0.256 e. The molecule has 1 aliphatic rings. The molecule has 0 spiro atoms. The Morgan fingerprint density at radius 3 is 2.57 bits per heavy atom. The van der Waals surface area contributed by atoms with Crippen molar-refractivity contribution in [2.75, 3.05) is 27.7 Å². The van der Waals surface area contributed by atoms with Gasteiger partial charge < -0.3 is 14.5 Å². The number of aromatic nitrogens is 2. The van der Waals surface area contributed by atoms with Crippen molar-refractivity contribution in [2.45, 2.75) is 45.1 Å². The normalized spacial score (nSPS) is 16.3. The molecule has 0 radical (unpaired) electrons. The number of ether oxygens (including phenoxy) is 1. The van der Waals surface area contributed by atoms with Crippen LogP contribution in [0, 0.1) is 6.92 Å². The number of hydrogen-bond acceptors (Lipinski definition) is 5. The molecule has 7 nitrogen and oxygen atoms in total. The zero-order valence-corrected chi connectivity index (χ0v) is 18.2. The molecule has 0 bridgehead atoms. The number of likely N-dealkylation sites (tertiary alicyclic amines) is 1. The summed E-state index contributed by atoms with van der Waals surface area (Å²) >= 11 is 0. The Morgan fingerprint density at radius 1 is 1.20 bits per heavy atom. The molecule has 1 aromatic carbocycles. The minimum Gasteiger partial charge on any atom is -0.497 e. The molecule has 0 aliphatic carbocycles. The number of amides is 2. The first-order valence-corrected chi connectivity index (χ1v) is 10.4. The van der Waals surface area contributed by atoms with Crippen molar-refractivity contribution in [3.63, 3.8) is 0 Å². The molecule has 1 atom stereocenters. The van der Waals surface area contributed by atoms with Crippen molar-refractivity contribution < 1.29 is 14.3 Å². The molecule has 1 saturated heterocycles. The number of hydrogen-bond donors (Lipinski definition) is 0. The summed E-state index contributed by atoms with van der Waals surface area (Å²) in [4.78, 5) is 37.8. The maximum atomic E-state index is 13.0. The Hall–Kier alpha value is -2.96. The van der Waals surface area contributed by atoms with Gasteiger partial charge in [-0.3, -0.25) is 9.59 Å². The zero-order chi connectivity index (χ0) is 21.7. The predicted molar refractivity (Wildman–Crippen MR) is 114 cm³/mol. The summed E-state index contributed by atoms with van der Waals surface area (Å²) in [6.07, 6.45) is 5.58. The fraction of sp³-hybridized carbons (Fsp3) is 0.478. The van der Waals surface area contributed by atoms with Crippen molar-refractivity contribution in [3.8, 4) is 5.75 Å². The first kappa shape index (κ1) is 21.7. The van der Waals surface area contributed by atoms with Crippen molar-refractivity contribution in [1.29, 1.82) is 0 Å². The molecule has 7 heteroatoms. The number of nitrogens with zero attached hydrogens (tertiary/aromatic N) is 4. The highest BCUT2D eigenvalue weighted by molar-refractivity contribution is 5.94. The Balaban J connectivity index is 1.71. The summed E-state index contributed by atoms with van der Waals surface area (Å²) < 4.78 is 5.19. The lowest BCUT2D eigenvalue weighted by Crippen LogP contribution is -2.39. The molecular weight excluding hydrogens is 380 g/mol. The van der Waals surface area contributed by atoms with Gasteiger partial charge in [0.25, 0.3) is 5.91 Å². The van der Waals surface area contributed by atoms with E-state index < -0.39 is 0 Å². The molecule has 1 aliphatic heterocycles. The Kier molecular flexibility index (Phi) is 7.03. The first-order chi connectivity index (χ1) is 14.4. The van der Waals surface area contributed by atoms with Crippen molar-refractivity contribution >= 4 is 11.8 Å². The molecular formula is C23H30N4O3. The second-order valence-corrected chi connectivity index (χ2v) is 7.87. The van der Waals surface area contributed by atoms with Crippen LogP contribution in [0.15, 0.2) is 30.5 Å². The standard InChI is InChI=1S/C23H30N4O3/c1-16-19(23(29)26(2)3)15-24-22(25-16)20-7-5-6-14-27(20)21(28)13-10-17-8-11-18(30-4)12-9-17/h8-9,11-12,15,20H,5-7,10,13-14H2,1-4H3. The van der Waals surface area contributed by atoms with E-state index in [1.807, 2.05) is 36.1 Å². The van der Waals surface area contributed by atoms with Crippen molar-refractivity contribution in [2.24, 2.45) is 0 Å². The molecule has 0 saturated carbocycles. The van der Waals surface area contributed by atoms with Crippen LogP contribution < -0.4 is 4.74 Å². The highest BCUT2D eigenvalue weighted by Gasteiger charge is 2.30. The van der Waals surface area contributed by atoms with Gasteiger partial charge in [0, 0.05) is 33.3 Å². The quantitative estimate of drug-likeness (QED) is 0.731. The first-order valence-electron chi connectivity index (χ1n) is 10.4. The molecule has 2 aromatic rings. The lowest BCUT2D eigenvalue weighted by atomic mass is 9.99. The number of carbonyl (C=O) groups is 2. The van der Waals surface area contributed by atoms with Crippen LogP contribution in [-0.2, 0) is 11.2 Å². The van der Waals surface area contributed by atoms with Crippen LogP contribution in [0.1, 0.15) is 59.2 Å². The van der Waals surface area contributed by atoms with E-state index in [2.05, 4.69) is 9.97 Å². The zero-order valence-electron chi connectivity index (χ0n) is 18.2. The average Bonchev–Trinajstić information content (AvgIpc) is 2.77. The summed E-state index contributed by atoms with van der Waals surface area (Å²) in [6, 6.07) is 7.68. The van der Waals surface area contributed by atoms with E-state index in [0.29, 0.717) is 36.5 Å². The smallest absolute Gasteiger partial charge is 0.256 e. The third-order valence-corrected chi connectivity index (χ3v) is 5.54. The van der Waals surface area contributed by atoms with E-state index >= 15 is 0 Å². The average molecular weight is 411 g/mol. The number of piperidine rings is 1. The van der Waals surface area contributed by atoms with Gasteiger partial charge in [0.05, 0.1) is 24.4 Å². The Bertz CT molecular complexity index is 896. The molecule has 0 N–H and O–H groups in total. The van der Waals surface area contributed by atoms with E-state index in [1.165, 1.54) is 4.90 Å². The van der Waals surface area contributed by atoms with Gasteiger partial charge in [0.1, 0.15) is 5.75 Å². The molecule has 1 unspecified atom stereocenters. The minimum absolute atomic E-state index is 0.116. The van der Waals surface area contributed by atoms with Gasteiger partial charge in [0.15, 0.2) is 5.82 Å². The predicted octanol–water partition coefficient (Wildman–Crippen LogP) is 3.18. The van der Waals surface area contributed by atoms with Crippen LogP contribution in [0.5, 0.6) is 5.75 Å². The van der Waals surface area contributed by atoms with E-state index in [1.54, 1.807) is 27.4 Å². The van der Waals surface area contributed by atoms with Gasteiger partial charge >= 0.3 is 0 Å². The number of carbonyl (C=O) groups excluding carboxylic acids is 2. The van der Waals surface area contributed by atoms with Gasteiger partial charge in [0.2, 0.25) is 5.91 Å². The van der Waals surface area contributed by atoms with Crippen LogP contribution in [0.2, 0.25) is 0 Å². The second-order valence-electron chi connectivity index (χ2n) is 7.87. The lowest BCUT2D eigenvalue weighted by molar-refractivity contribution is -0.135. The van der Waals surface area contributed by atoms with Crippen LogP contribution in [0.4, 0.5) is 0 Å². The number of benzene rings is 1. The fourth-order valence-electron chi connectivity index (χ4n) is 3.78. The van der Waals surface area contributed by atoms with Gasteiger partial charge in [-0.05, 0) is 50.3 Å². The van der Waals surface area contributed by atoms with Crippen molar-refractivity contribution in [1.82, 2.24) is 19.8 Å². The van der Waals surface area contributed by atoms with Crippen molar-refractivity contribution in [3.05, 3.63) is 53.1 Å². The highest BCUT2D eigenvalue weighted by atomic mass is 16.5. The van der Waals surface area contributed by atoms with E-state index in [9.17, 15) is 9.59 Å². The molecule has 2 amide bonds. The van der Waals surface area contributed by atoms with E-state index in [4.69, 9.17) is 4.74 Å². The third kappa shape index (κ3) is 4.96. The van der Waals surface area contributed by atoms with Gasteiger partial charge in [-0.1, -0.05) is 12.1 Å². The molecule has 3 rings (SSSR count). The monoisotopic (exact) mass is 410 g/mol. The molecule has 2 heterocycles. The topological polar surface area (TPSA) is 75.6 Å². The number of aryl methyl sites for hydroxylation is 2. The Labute approximate surface area is 178 Å². The van der Waals surface area contributed by atoms with E-state index in [0.717, 1.165) is 30.6 Å².